The first-order chi connectivity index (χ1) is 21.1. The van der Waals surface area contributed by atoms with Crippen molar-refractivity contribution in [1.82, 2.24) is 19.8 Å². The van der Waals surface area contributed by atoms with Gasteiger partial charge in [-0.2, -0.15) is 0 Å². The van der Waals surface area contributed by atoms with E-state index in [4.69, 9.17) is 4.74 Å². The third-order valence-electron chi connectivity index (χ3n) is 8.18. The van der Waals surface area contributed by atoms with Gasteiger partial charge in [-0.05, 0) is 78.9 Å². The number of likely N-dealkylation sites (N-methyl/N-ethyl adjacent to an activating group) is 1. The fourth-order valence-electron chi connectivity index (χ4n) is 5.78. The van der Waals surface area contributed by atoms with E-state index >= 15 is 4.39 Å². The lowest BCUT2D eigenvalue weighted by atomic mass is 9.90. The van der Waals surface area contributed by atoms with Gasteiger partial charge in [0.15, 0.2) is 0 Å². The van der Waals surface area contributed by atoms with Crippen LogP contribution >= 0.6 is 0 Å². The number of methoxy groups -OCH3 is 1. The molecular weight excluding hydrogens is 561 g/mol. The number of carbonyl (C=O) groups is 2. The Kier molecular flexibility index (Phi) is 8.91. The summed E-state index contributed by atoms with van der Waals surface area (Å²) in [6.07, 6.45) is 3.91. The van der Waals surface area contributed by atoms with Crippen LogP contribution in [0.5, 0.6) is 5.75 Å². The molecule has 1 atom stereocenters. The average Bonchev–Trinajstić information content (AvgIpc) is 3.40. The summed E-state index contributed by atoms with van der Waals surface area (Å²) >= 11 is 0. The van der Waals surface area contributed by atoms with Gasteiger partial charge in [0.05, 0.1) is 13.4 Å². The molecule has 3 aromatic carbocycles. The van der Waals surface area contributed by atoms with Crippen molar-refractivity contribution in [2.24, 2.45) is 7.05 Å². The van der Waals surface area contributed by atoms with E-state index < -0.39 is 11.5 Å². The number of aryl methyl sites for hydroxylation is 1. The molecule has 9 nitrogen and oxygen atoms in total. The van der Waals surface area contributed by atoms with Gasteiger partial charge in [-0.3, -0.25) is 19.3 Å². The minimum atomic E-state index is -0.536. The number of nitrogens with one attached hydrogen (secondary N) is 2. The first kappa shape index (κ1) is 30.6. The van der Waals surface area contributed by atoms with Gasteiger partial charge >= 0.3 is 0 Å². The third kappa shape index (κ3) is 6.26. The molecule has 44 heavy (non-hydrogen) atoms. The van der Waals surface area contributed by atoms with Gasteiger partial charge in [-0.15, -0.1) is 0 Å². The Morgan fingerprint density at radius 3 is 2.52 bits per heavy atom. The Morgan fingerprint density at radius 1 is 1.11 bits per heavy atom. The van der Waals surface area contributed by atoms with E-state index in [2.05, 4.69) is 15.6 Å². The SMILES string of the molecule is COc1cc(-c2cccc(-c3cccc(NC(=O)c4cncn(C)c4=O)c3C)c2C)cc(F)c1CN(C)CC1CCC(=O)N1. The lowest BCUT2D eigenvalue weighted by molar-refractivity contribution is -0.119. The largest absolute Gasteiger partial charge is 0.496 e. The molecule has 4 aromatic rings. The monoisotopic (exact) mass is 597 g/mol. The molecule has 10 heteroatoms. The average molecular weight is 598 g/mol. The molecule has 2 N–H and O–H groups in total. The van der Waals surface area contributed by atoms with E-state index in [1.54, 1.807) is 13.1 Å². The number of rotatable bonds is 9. The lowest BCUT2D eigenvalue weighted by Crippen LogP contribution is -2.36. The topological polar surface area (TPSA) is 106 Å². The summed E-state index contributed by atoms with van der Waals surface area (Å²) < 4.78 is 22.6. The number of amides is 2. The fraction of sp³-hybridized carbons (Fsp3) is 0.294. The van der Waals surface area contributed by atoms with Crippen LogP contribution in [0.15, 0.2) is 65.8 Å². The van der Waals surface area contributed by atoms with Crippen molar-refractivity contribution in [2.45, 2.75) is 39.3 Å². The molecule has 0 bridgehead atoms. The van der Waals surface area contributed by atoms with E-state index in [0.717, 1.165) is 34.2 Å². The molecule has 1 unspecified atom stereocenters. The Bertz CT molecular complexity index is 1800. The van der Waals surface area contributed by atoms with Gasteiger partial charge in [-0.1, -0.05) is 30.3 Å². The summed E-state index contributed by atoms with van der Waals surface area (Å²) in [6, 6.07) is 14.9. The quantitative estimate of drug-likeness (QED) is 0.286. The number of hydrogen-bond donors (Lipinski definition) is 2. The molecule has 0 radical (unpaired) electrons. The van der Waals surface area contributed by atoms with Gasteiger partial charge in [-0.25, -0.2) is 9.37 Å². The molecule has 1 aliphatic rings. The second-order valence-electron chi connectivity index (χ2n) is 11.3. The van der Waals surface area contributed by atoms with Crippen LogP contribution in [0.2, 0.25) is 0 Å². The van der Waals surface area contributed by atoms with Crippen LogP contribution < -0.4 is 20.9 Å². The molecule has 1 aliphatic heterocycles. The zero-order valence-electron chi connectivity index (χ0n) is 25.5. The molecule has 0 aliphatic carbocycles. The van der Waals surface area contributed by atoms with E-state index in [9.17, 15) is 14.4 Å². The first-order valence-corrected chi connectivity index (χ1v) is 14.4. The van der Waals surface area contributed by atoms with Crippen LogP contribution in [0.25, 0.3) is 22.3 Å². The van der Waals surface area contributed by atoms with Crippen molar-refractivity contribution < 1.29 is 18.7 Å². The summed E-state index contributed by atoms with van der Waals surface area (Å²) in [7, 11) is 4.98. The molecule has 1 aromatic heterocycles. The van der Waals surface area contributed by atoms with Crippen molar-refractivity contribution in [3.63, 3.8) is 0 Å². The molecular formula is C34H36FN5O4. The Balaban J connectivity index is 1.43. The summed E-state index contributed by atoms with van der Waals surface area (Å²) in [5.41, 5.74) is 5.66. The molecule has 2 amide bonds. The number of nitrogens with zero attached hydrogens (tertiary/aromatic N) is 3. The Hall–Kier alpha value is -4.83. The minimum absolute atomic E-state index is 0.0473. The first-order valence-electron chi connectivity index (χ1n) is 14.4. The van der Waals surface area contributed by atoms with Crippen molar-refractivity contribution in [3.8, 4) is 28.0 Å². The van der Waals surface area contributed by atoms with Crippen LogP contribution in [0.4, 0.5) is 10.1 Å². The fourth-order valence-corrected chi connectivity index (χ4v) is 5.78. The third-order valence-corrected chi connectivity index (χ3v) is 8.18. The van der Waals surface area contributed by atoms with Gasteiger partial charge in [0.1, 0.15) is 17.1 Å². The smallest absolute Gasteiger partial charge is 0.265 e. The number of aromatic nitrogens is 2. The minimum Gasteiger partial charge on any atom is -0.496 e. The van der Waals surface area contributed by atoms with Gasteiger partial charge < -0.3 is 19.9 Å². The molecule has 1 fully saturated rings. The highest BCUT2D eigenvalue weighted by molar-refractivity contribution is 6.04. The standard InChI is InChI=1S/C34H36FN5O4/c1-20-24(22-14-29(35)28(31(15-22)44-5)18-39(3)17-23-12-13-32(41)37-23)8-6-9-25(20)26-10-7-11-30(21(26)2)38-33(42)27-16-36-19-40(4)34(27)43/h6-11,14-16,19,23H,12-13,17-18H2,1-5H3,(H,37,41)(H,38,42). The predicted molar refractivity (Wildman–Crippen MR) is 168 cm³/mol. The maximum Gasteiger partial charge on any atom is 0.265 e. The van der Waals surface area contributed by atoms with E-state index in [1.165, 1.54) is 30.3 Å². The second-order valence-corrected chi connectivity index (χ2v) is 11.3. The Labute approximate surface area is 255 Å². The number of anilines is 1. The number of benzene rings is 3. The summed E-state index contributed by atoms with van der Waals surface area (Å²) in [5.74, 6) is -0.397. The summed E-state index contributed by atoms with van der Waals surface area (Å²) in [6.45, 7) is 4.85. The summed E-state index contributed by atoms with van der Waals surface area (Å²) in [5, 5.41) is 5.81. The number of carbonyl (C=O) groups excluding carboxylic acids is 2. The molecule has 1 saturated heterocycles. The molecule has 2 heterocycles. The second kappa shape index (κ2) is 12.8. The van der Waals surface area contributed by atoms with E-state index in [1.807, 2.05) is 62.2 Å². The number of ether oxygens (including phenoxy) is 1. The van der Waals surface area contributed by atoms with Crippen LogP contribution in [0.3, 0.4) is 0 Å². The number of halogens is 1. The summed E-state index contributed by atoms with van der Waals surface area (Å²) in [4.78, 5) is 42.9. The van der Waals surface area contributed by atoms with Crippen molar-refractivity contribution in [3.05, 3.63) is 99.5 Å². The lowest BCUT2D eigenvalue weighted by Gasteiger charge is -2.23. The van der Waals surface area contributed by atoms with E-state index in [-0.39, 0.29) is 23.3 Å². The highest BCUT2D eigenvalue weighted by Gasteiger charge is 2.24. The zero-order valence-corrected chi connectivity index (χ0v) is 25.5. The maximum atomic E-state index is 15.7. The van der Waals surface area contributed by atoms with Crippen LogP contribution in [-0.2, 0) is 18.4 Å². The Morgan fingerprint density at radius 2 is 1.82 bits per heavy atom. The van der Waals surface area contributed by atoms with Crippen LogP contribution in [-0.4, -0.2) is 53.0 Å². The number of hydrogen-bond acceptors (Lipinski definition) is 6. The van der Waals surface area contributed by atoms with E-state index in [0.29, 0.717) is 42.1 Å². The van der Waals surface area contributed by atoms with Crippen molar-refractivity contribution in [1.29, 1.82) is 0 Å². The molecule has 228 valence electrons. The van der Waals surface area contributed by atoms with Gasteiger partial charge in [0.2, 0.25) is 5.91 Å². The van der Waals surface area contributed by atoms with Gasteiger partial charge in [0, 0.05) is 50.0 Å². The van der Waals surface area contributed by atoms with Gasteiger partial charge in [0.25, 0.3) is 11.5 Å². The van der Waals surface area contributed by atoms with Crippen LogP contribution in [0.1, 0.15) is 39.9 Å². The normalized spacial score (nSPS) is 14.5. The van der Waals surface area contributed by atoms with Crippen molar-refractivity contribution in [2.75, 3.05) is 26.0 Å². The maximum absolute atomic E-state index is 15.7. The highest BCUT2D eigenvalue weighted by Crippen LogP contribution is 2.38. The van der Waals surface area contributed by atoms with Crippen molar-refractivity contribution >= 4 is 17.5 Å². The molecule has 5 rings (SSSR count). The zero-order chi connectivity index (χ0) is 31.5. The van der Waals surface area contributed by atoms with Crippen LogP contribution in [0, 0.1) is 19.7 Å². The highest BCUT2D eigenvalue weighted by atomic mass is 19.1. The molecule has 0 saturated carbocycles. The predicted octanol–water partition coefficient (Wildman–Crippen LogP) is 4.84. The molecule has 0 spiro atoms.